The SMILES string of the molecule is Fc1cc(F)c2nc(-c3ccccc3)c3ccccc3c2c1. The molecule has 3 aromatic carbocycles. The maximum Gasteiger partial charge on any atom is 0.152 e. The Labute approximate surface area is 125 Å². The molecular formula is C19H11F2N. The largest absolute Gasteiger partial charge is 0.244 e. The van der Waals surface area contributed by atoms with Crippen molar-refractivity contribution in [2.45, 2.75) is 0 Å². The highest BCUT2D eigenvalue weighted by atomic mass is 19.1. The predicted molar refractivity (Wildman–Crippen MR) is 84.6 cm³/mol. The van der Waals surface area contributed by atoms with Crippen molar-refractivity contribution in [1.29, 1.82) is 0 Å². The number of halogens is 2. The zero-order chi connectivity index (χ0) is 15.1. The fourth-order valence-electron chi connectivity index (χ4n) is 2.80. The van der Waals surface area contributed by atoms with Crippen LogP contribution < -0.4 is 0 Å². The quantitative estimate of drug-likeness (QED) is 0.432. The molecule has 0 amide bonds. The van der Waals surface area contributed by atoms with Crippen LogP contribution in [0.4, 0.5) is 8.78 Å². The summed E-state index contributed by atoms with van der Waals surface area (Å²) in [5, 5.41) is 2.17. The molecule has 3 heteroatoms. The van der Waals surface area contributed by atoms with Gasteiger partial charge in [0.2, 0.25) is 0 Å². The lowest BCUT2D eigenvalue weighted by Crippen LogP contribution is -1.93. The van der Waals surface area contributed by atoms with Gasteiger partial charge in [-0.15, -0.1) is 0 Å². The Bertz CT molecular complexity index is 994. The molecule has 0 radical (unpaired) electrons. The van der Waals surface area contributed by atoms with Crippen LogP contribution >= 0.6 is 0 Å². The lowest BCUT2D eigenvalue weighted by molar-refractivity contribution is 0.590. The van der Waals surface area contributed by atoms with Crippen molar-refractivity contribution >= 4 is 21.7 Å². The van der Waals surface area contributed by atoms with Gasteiger partial charge in [0, 0.05) is 22.4 Å². The van der Waals surface area contributed by atoms with Gasteiger partial charge in [-0.3, -0.25) is 0 Å². The van der Waals surface area contributed by atoms with Crippen molar-refractivity contribution in [2.24, 2.45) is 0 Å². The Hall–Kier alpha value is -2.81. The second-order valence-electron chi connectivity index (χ2n) is 5.16. The average molecular weight is 291 g/mol. The van der Waals surface area contributed by atoms with Crippen LogP contribution in [-0.2, 0) is 0 Å². The first-order valence-corrected chi connectivity index (χ1v) is 6.97. The number of aromatic nitrogens is 1. The molecule has 0 aliphatic heterocycles. The first-order chi connectivity index (χ1) is 10.7. The van der Waals surface area contributed by atoms with E-state index in [4.69, 9.17) is 0 Å². The van der Waals surface area contributed by atoms with Crippen LogP contribution in [0.1, 0.15) is 0 Å². The fourth-order valence-corrected chi connectivity index (χ4v) is 2.80. The van der Waals surface area contributed by atoms with Gasteiger partial charge in [0.25, 0.3) is 0 Å². The van der Waals surface area contributed by atoms with Crippen LogP contribution in [0.15, 0.2) is 66.7 Å². The molecule has 4 aromatic rings. The molecule has 0 saturated heterocycles. The van der Waals surface area contributed by atoms with Gasteiger partial charge in [-0.2, -0.15) is 0 Å². The second-order valence-corrected chi connectivity index (χ2v) is 5.16. The van der Waals surface area contributed by atoms with Gasteiger partial charge in [0.1, 0.15) is 11.3 Å². The molecule has 1 nitrogen and oxygen atoms in total. The molecule has 0 spiro atoms. The van der Waals surface area contributed by atoms with E-state index in [-0.39, 0.29) is 5.52 Å². The van der Waals surface area contributed by atoms with Gasteiger partial charge in [-0.05, 0) is 11.5 Å². The van der Waals surface area contributed by atoms with E-state index in [2.05, 4.69) is 4.98 Å². The molecular weight excluding hydrogens is 280 g/mol. The van der Waals surface area contributed by atoms with Gasteiger partial charge >= 0.3 is 0 Å². The van der Waals surface area contributed by atoms with E-state index >= 15 is 0 Å². The lowest BCUT2D eigenvalue weighted by Gasteiger charge is -2.10. The highest BCUT2D eigenvalue weighted by Crippen LogP contribution is 2.33. The Morgan fingerprint density at radius 3 is 2.14 bits per heavy atom. The molecule has 0 bridgehead atoms. The number of fused-ring (bicyclic) bond motifs is 3. The molecule has 0 aliphatic rings. The smallest absolute Gasteiger partial charge is 0.152 e. The van der Waals surface area contributed by atoms with Crippen molar-refractivity contribution in [3.63, 3.8) is 0 Å². The molecule has 4 rings (SSSR count). The summed E-state index contributed by atoms with van der Waals surface area (Å²) in [6, 6.07) is 19.4. The predicted octanol–water partition coefficient (Wildman–Crippen LogP) is 5.33. The molecule has 1 heterocycles. The first-order valence-electron chi connectivity index (χ1n) is 6.97. The Morgan fingerprint density at radius 2 is 1.36 bits per heavy atom. The fraction of sp³-hybridized carbons (Fsp3) is 0. The number of benzene rings is 3. The van der Waals surface area contributed by atoms with Crippen LogP contribution in [0.5, 0.6) is 0 Å². The van der Waals surface area contributed by atoms with E-state index in [0.29, 0.717) is 11.1 Å². The van der Waals surface area contributed by atoms with E-state index in [0.717, 1.165) is 22.4 Å². The van der Waals surface area contributed by atoms with Gasteiger partial charge in [0.05, 0.1) is 5.69 Å². The topological polar surface area (TPSA) is 12.9 Å². The number of nitrogens with zero attached hydrogens (tertiary/aromatic N) is 1. The maximum absolute atomic E-state index is 14.2. The molecule has 0 unspecified atom stereocenters. The van der Waals surface area contributed by atoms with E-state index in [1.807, 2.05) is 54.6 Å². The molecule has 0 atom stereocenters. The maximum atomic E-state index is 14.2. The van der Waals surface area contributed by atoms with Gasteiger partial charge in [-0.25, -0.2) is 13.8 Å². The summed E-state index contributed by atoms with van der Waals surface area (Å²) in [5.41, 5.74) is 1.80. The second kappa shape index (κ2) is 4.88. The molecule has 0 saturated carbocycles. The van der Waals surface area contributed by atoms with Gasteiger partial charge in [-0.1, -0.05) is 54.6 Å². The summed E-state index contributed by atoms with van der Waals surface area (Å²) in [7, 11) is 0. The number of rotatable bonds is 1. The standard InChI is InChI=1S/C19H11F2N/c20-13-10-16-14-8-4-5-9-15(14)18(12-6-2-1-3-7-12)22-19(16)17(21)11-13/h1-11H. The average Bonchev–Trinajstić information content (AvgIpc) is 2.55. The Balaban J connectivity index is 2.21. The summed E-state index contributed by atoms with van der Waals surface area (Å²) in [4.78, 5) is 4.47. The van der Waals surface area contributed by atoms with Crippen molar-refractivity contribution in [3.05, 3.63) is 78.4 Å². The van der Waals surface area contributed by atoms with E-state index in [9.17, 15) is 8.78 Å². The van der Waals surface area contributed by atoms with E-state index < -0.39 is 11.6 Å². The Morgan fingerprint density at radius 1 is 0.682 bits per heavy atom. The minimum Gasteiger partial charge on any atom is -0.244 e. The zero-order valence-electron chi connectivity index (χ0n) is 11.6. The number of hydrogen-bond acceptors (Lipinski definition) is 1. The summed E-state index contributed by atoms with van der Waals surface area (Å²) in [6.45, 7) is 0. The molecule has 22 heavy (non-hydrogen) atoms. The van der Waals surface area contributed by atoms with Crippen LogP contribution in [0.25, 0.3) is 32.9 Å². The monoisotopic (exact) mass is 291 g/mol. The van der Waals surface area contributed by atoms with Crippen molar-refractivity contribution in [1.82, 2.24) is 4.98 Å². The third kappa shape index (κ3) is 1.94. The van der Waals surface area contributed by atoms with Gasteiger partial charge < -0.3 is 0 Å². The van der Waals surface area contributed by atoms with Gasteiger partial charge in [0.15, 0.2) is 5.82 Å². The van der Waals surface area contributed by atoms with Crippen LogP contribution in [-0.4, -0.2) is 4.98 Å². The molecule has 106 valence electrons. The Kier molecular flexibility index (Phi) is 2.86. The van der Waals surface area contributed by atoms with Crippen molar-refractivity contribution in [2.75, 3.05) is 0 Å². The molecule has 0 N–H and O–H groups in total. The number of pyridine rings is 1. The normalized spacial score (nSPS) is 11.2. The van der Waals surface area contributed by atoms with Crippen molar-refractivity contribution in [3.8, 4) is 11.3 Å². The number of hydrogen-bond donors (Lipinski definition) is 0. The molecule has 1 aromatic heterocycles. The van der Waals surface area contributed by atoms with Crippen LogP contribution in [0, 0.1) is 11.6 Å². The van der Waals surface area contributed by atoms with Crippen LogP contribution in [0.2, 0.25) is 0 Å². The third-order valence-electron chi connectivity index (χ3n) is 3.77. The summed E-state index contributed by atoms with van der Waals surface area (Å²) < 4.78 is 27.7. The third-order valence-corrected chi connectivity index (χ3v) is 3.77. The van der Waals surface area contributed by atoms with Crippen molar-refractivity contribution < 1.29 is 8.78 Å². The summed E-state index contributed by atoms with van der Waals surface area (Å²) in [5.74, 6) is -1.23. The summed E-state index contributed by atoms with van der Waals surface area (Å²) in [6.07, 6.45) is 0. The molecule has 0 fully saturated rings. The van der Waals surface area contributed by atoms with Crippen LogP contribution in [0.3, 0.4) is 0 Å². The van der Waals surface area contributed by atoms with E-state index in [1.165, 1.54) is 6.07 Å². The lowest BCUT2D eigenvalue weighted by atomic mass is 10.00. The minimum atomic E-state index is -0.641. The van der Waals surface area contributed by atoms with E-state index in [1.54, 1.807) is 0 Å². The highest BCUT2D eigenvalue weighted by molar-refractivity contribution is 6.10. The molecule has 0 aliphatic carbocycles. The highest BCUT2D eigenvalue weighted by Gasteiger charge is 2.13. The summed E-state index contributed by atoms with van der Waals surface area (Å²) >= 11 is 0. The first kappa shape index (κ1) is 12.9. The zero-order valence-corrected chi connectivity index (χ0v) is 11.6. The minimum absolute atomic E-state index is 0.193.